The molecule has 3 rings (SSSR count). The number of hydrogen-bond donors (Lipinski definition) is 2. The van der Waals surface area contributed by atoms with Crippen molar-refractivity contribution >= 4 is 5.84 Å². The summed E-state index contributed by atoms with van der Waals surface area (Å²) in [6.07, 6.45) is 1.78. The van der Waals surface area contributed by atoms with Crippen molar-refractivity contribution in [3.8, 4) is 0 Å². The molecule has 4 heteroatoms. The third kappa shape index (κ3) is 1.19. The summed E-state index contributed by atoms with van der Waals surface area (Å²) < 4.78 is 0. The first-order chi connectivity index (χ1) is 7.32. The van der Waals surface area contributed by atoms with Crippen LogP contribution in [0.25, 0.3) is 0 Å². The second-order valence-corrected chi connectivity index (χ2v) is 3.88. The summed E-state index contributed by atoms with van der Waals surface area (Å²) in [7, 11) is 0. The zero-order valence-corrected chi connectivity index (χ0v) is 8.25. The standard InChI is InChI=1S/C11H12N2O2/c12-10-8-4-1-2-5-9(8)11(13-10)6-3-7-14-15-11/h1-2,4-5H,3,6-7H2,(H2,12,13). The van der Waals surface area contributed by atoms with Gasteiger partial charge >= 0.3 is 0 Å². The fourth-order valence-electron chi connectivity index (χ4n) is 2.22. The highest BCUT2D eigenvalue weighted by molar-refractivity contribution is 6.01. The lowest BCUT2D eigenvalue weighted by molar-refractivity contribution is -0.393. The van der Waals surface area contributed by atoms with Crippen molar-refractivity contribution in [2.24, 2.45) is 0 Å². The first-order valence-corrected chi connectivity index (χ1v) is 5.09. The lowest BCUT2D eigenvalue weighted by atomic mass is 9.97. The fourth-order valence-corrected chi connectivity index (χ4v) is 2.22. The van der Waals surface area contributed by atoms with Crippen LogP contribution in [0, 0.1) is 5.41 Å². The van der Waals surface area contributed by atoms with Crippen LogP contribution in [0.1, 0.15) is 24.0 Å². The normalized spacial score (nSPS) is 28.9. The average molecular weight is 204 g/mol. The van der Waals surface area contributed by atoms with Gasteiger partial charge in [-0.3, -0.25) is 5.41 Å². The van der Waals surface area contributed by atoms with E-state index in [0.29, 0.717) is 12.4 Å². The minimum Gasteiger partial charge on any atom is -0.336 e. The molecule has 0 aliphatic carbocycles. The summed E-state index contributed by atoms with van der Waals surface area (Å²) in [5.41, 5.74) is 1.30. The number of amidine groups is 1. The Morgan fingerprint density at radius 3 is 3.00 bits per heavy atom. The number of fused-ring (bicyclic) bond motifs is 2. The third-order valence-corrected chi connectivity index (χ3v) is 2.92. The van der Waals surface area contributed by atoms with Gasteiger partial charge in [-0.25, -0.2) is 9.78 Å². The first kappa shape index (κ1) is 8.88. The summed E-state index contributed by atoms with van der Waals surface area (Å²) in [5.74, 6) is 0.413. The van der Waals surface area contributed by atoms with Gasteiger partial charge < -0.3 is 5.32 Å². The smallest absolute Gasteiger partial charge is 0.200 e. The predicted molar refractivity (Wildman–Crippen MR) is 54.4 cm³/mol. The highest BCUT2D eigenvalue weighted by Crippen LogP contribution is 2.38. The van der Waals surface area contributed by atoms with Crippen molar-refractivity contribution in [3.05, 3.63) is 35.4 Å². The Kier molecular flexibility index (Phi) is 1.81. The minimum atomic E-state index is -0.619. The molecule has 1 spiro atoms. The SMILES string of the molecule is N=C1NC2(CCCOO2)c2ccccc21. The Morgan fingerprint density at radius 1 is 1.33 bits per heavy atom. The zero-order valence-electron chi connectivity index (χ0n) is 8.25. The molecule has 0 bridgehead atoms. The van der Waals surface area contributed by atoms with Gasteiger partial charge in [0.2, 0.25) is 5.72 Å². The molecule has 2 N–H and O–H groups in total. The fraction of sp³-hybridized carbons (Fsp3) is 0.364. The lowest BCUT2D eigenvalue weighted by Crippen LogP contribution is -2.44. The van der Waals surface area contributed by atoms with Gasteiger partial charge in [0.1, 0.15) is 5.84 Å². The average Bonchev–Trinajstić information content (AvgIpc) is 2.55. The van der Waals surface area contributed by atoms with Gasteiger partial charge in [0.15, 0.2) is 0 Å². The van der Waals surface area contributed by atoms with Gasteiger partial charge in [0.05, 0.1) is 6.61 Å². The molecule has 1 atom stereocenters. The maximum atomic E-state index is 7.85. The summed E-state index contributed by atoms with van der Waals surface area (Å²) in [6.45, 7) is 0.624. The van der Waals surface area contributed by atoms with Crippen molar-refractivity contribution in [3.63, 3.8) is 0 Å². The van der Waals surface area contributed by atoms with E-state index in [-0.39, 0.29) is 0 Å². The minimum absolute atomic E-state index is 0.413. The molecule has 2 aliphatic rings. The van der Waals surface area contributed by atoms with Crippen LogP contribution in [-0.2, 0) is 15.5 Å². The topological polar surface area (TPSA) is 54.3 Å². The second kappa shape index (κ2) is 3.05. The molecule has 0 amide bonds. The molecule has 0 aromatic heterocycles. The Bertz CT molecular complexity index is 411. The summed E-state index contributed by atoms with van der Waals surface area (Å²) in [6, 6.07) is 7.80. The molecule has 78 valence electrons. The van der Waals surface area contributed by atoms with Gasteiger partial charge in [-0.2, -0.15) is 0 Å². The van der Waals surface area contributed by atoms with Crippen molar-refractivity contribution < 1.29 is 9.78 Å². The molecule has 15 heavy (non-hydrogen) atoms. The van der Waals surface area contributed by atoms with E-state index in [0.717, 1.165) is 24.0 Å². The Hall–Kier alpha value is -1.39. The summed E-state index contributed by atoms with van der Waals surface area (Å²) >= 11 is 0. The van der Waals surface area contributed by atoms with Crippen molar-refractivity contribution in [1.82, 2.24) is 5.32 Å². The van der Waals surface area contributed by atoms with Crippen LogP contribution in [0.15, 0.2) is 24.3 Å². The molecule has 2 heterocycles. The molecule has 1 fully saturated rings. The van der Waals surface area contributed by atoms with Crippen molar-refractivity contribution in [2.45, 2.75) is 18.6 Å². The van der Waals surface area contributed by atoms with Gasteiger partial charge in [0, 0.05) is 17.5 Å². The first-order valence-electron chi connectivity index (χ1n) is 5.09. The molecule has 0 saturated carbocycles. The van der Waals surface area contributed by atoms with Crippen LogP contribution in [0.2, 0.25) is 0 Å². The summed E-state index contributed by atoms with van der Waals surface area (Å²) in [4.78, 5) is 10.4. The Morgan fingerprint density at radius 2 is 2.20 bits per heavy atom. The molecule has 4 nitrogen and oxygen atoms in total. The lowest BCUT2D eigenvalue weighted by Gasteiger charge is -2.32. The predicted octanol–water partition coefficient (Wildman–Crippen LogP) is 1.51. The molecular weight excluding hydrogens is 192 g/mol. The van der Waals surface area contributed by atoms with Gasteiger partial charge in [-0.1, -0.05) is 24.3 Å². The van der Waals surface area contributed by atoms with Crippen LogP contribution in [0.3, 0.4) is 0 Å². The highest BCUT2D eigenvalue weighted by atomic mass is 17.2. The monoisotopic (exact) mass is 204 g/mol. The largest absolute Gasteiger partial charge is 0.336 e. The molecule has 1 saturated heterocycles. The van der Waals surface area contributed by atoms with Crippen LogP contribution >= 0.6 is 0 Å². The van der Waals surface area contributed by atoms with E-state index in [4.69, 9.17) is 15.2 Å². The highest BCUT2D eigenvalue weighted by Gasteiger charge is 2.44. The number of nitrogens with one attached hydrogen (secondary N) is 2. The van der Waals surface area contributed by atoms with E-state index < -0.39 is 5.72 Å². The third-order valence-electron chi connectivity index (χ3n) is 2.92. The van der Waals surface area contributed by atoms with Crippen molar-refractivity contribution in [2.75, 3.05) is 6.61 Å². The van der Waals surface area contributed by atoms with Gasteiger partial charge in [0.25, 0.3) is 0 Å². The number of hydrogen-bond acceptors (Lipinski definition) is 3. The number of benzene rings is 1. The molecular formula is C11H12N2O2. The van der Waals surface area contributed by atoms with Crippen LogP contribution in [0.4, 0.5) is 0 Å². The van der Waals surface area contributed by atoms with Gasteiger partial charge in [-0.05, 0) is 6.42 Å². The number of rotatable bonds is 0. The van der Waals surface area contributed by atoms with Crippen LogP contribution < -0.4 is 5.32 Å². The Balaban J connectivity index is 2.10. The molecule has 2 aliphatic heterocycles. The van der Waals surface area contributed by atoms with E-state index >= 15 is 0 Å². The van der Waals surface area contributed by atoms with Crippen LogP contribution in [0.5, 0.6) is 0 Å². The van der Waals surface area contributed by atoms with E-state index in [1.165, 1.54) is 0 Å². The maximum Gasteiger partial charge on any atom is 0.200 e. The second-order valence-electron chi connectivity index (χ2n) is 3.88. The van der Waals surface area contributed by atoms with E-state index in [1.807, 2.05) is 24.3 Å². The Labute approximate surface area is 87.6 Å². The molecule has 1 unspecified atom stereocenters. The van der Waals surface area contributed by atoms with E-state index in [9.17, 15) is 0 Å². The summed E-state index contributed by atoms with van der Waals surface area (Å²) in [5, 5.41) is 10.9. The van der Waals surface area contributed by atoms with E-state index in [2.05, 4.69) is 5.32 Å². The van der Waals surface area contributed by atoms with Crippen molar-refractivity contribution in [1.29, 1.82) is 5.41 Å². The van der Waals surface area contributed by atoms with Crippen LogP contribution in [-0.4, -0.2) is 12.4 Å². The maximum absolute atomic E-state index is 7.85. The van der Waals surface area contributed by atoms with E-state index in [1.54, 1.807) is 0 Å². The van der Waals surface area contributed by atoms with Gasteiger partial charge in [-0.15, -0.1) is 0 Å². The zero-order chi connectivity index (χ0) is 10.3. The molecule has 1 aromatic carbocycles. The molecule has 0 radical (unpaired) electrons. The quantitative estimate of drug-likeness (QED) is 0.630. The molecule has 1 aromatic rings.